The maximum absolute atomic E-state index is 4.79. The van der Waals surface area contributed by atoms with Crippen molar-refractivity contribution in [3.8, 4) is 0 Å². The van der Waals surface area contributed by atoms with E-state index in [9.17, 15) is 0 Å². The van der Waals surface area contributed by atoms with Gasteiger partial charge in [0.1, 0.15) is 10.9 Å². The summed E-state index contributed by atoms with van der Waals surface area (Å²) in [5, 5.41) is 9.49. The Morgan fingerprint density at radius 3 is 2.74 bits per heavy atom. The van der Waals surface area contributed by atoms with Crippen LogP contribution in [0.1, 0.15) is 17.0 Å². The second-order valence-electron chi connectivity index (χ2n) is 5.59. The highest BCUT2D eigenvalue weighted by atomic mass is 32.2. The average molecular weight is 320 g/mol. The summed E-state index contributed by atoms with van der Waals surface area (Å²) in [6.07, 6.45) is 0. The summed E-state index contributed by atoms with van der Waals surface area (Å²) in [5.41, 5.74) is 5.41. The molecule has 4 rings (SSSR count). The van der Waals surface area contributed by atoms with Gasteiger partial charge in [-0.25, -0.2) is 4.98 Å². The van der Waals surface area contributed by atoms with Gasteiger partial charge in [-0.15, -0.1) is 10.2 Å². The molecule has 0 unspecified atom stereocenters. The number of para-hydroxylation sites is 2. The van der Waals surface area contributed by atoms with Crippen molar-refractivity contribution in [2.24, 2.45) is 0 Å². The summed E-state index contributed by atoms with van der Waals surface area (Å²) in [6.45, 7) is 4.09. The molecule has 0 aliphatic carbocycles. The molecule has 4 aromatic rings. The minimum absolute atomic E-state index is 0.832. The number of aromatic nitrogens is 4. The van der Waals surface area contributed by atoms with Crippen LogP contribution in [0.25, 0.3) is 16.7 Å². The fourth-order valence-electron chi connectivity index (χ4n) is 2.75. The molecule has 0 fully saturated rings. The lowest BCUT2D eigenvalue weighted by Crippen LogP contribution is -1.96. The smallest absolute Gasteiger partial charge is 0.193 e. The summed E-state index contributed by atoms with van der Waals surface area (Å²) in [5.74, 6) is 1.75. The van der Waals surface area contributed by atoms with E-state index in [1.54, 1.807) is 11.8 Å². The van der Waals surface area contributed by atoms with Crippen LogP contribution in [-0.4, -0.2) is 19.6 Å². The zero-order valence-corrected chi connectivity index (χ0v) is 13.8. The Bertz CT molecular complexity index is 1010. The Balaban J connectivity index is 1.79. The van der Waals surface area contributed by atoms with Crippen LogP contribution < -0.4 is 0 Å². The fourth-order valence-corrected chi connectivity index (χ4v) is 3.65. The Kier molecular flexibility index (Phi) is 3.50. The van der Waals surface area contributed by atoms with E-state index in [4.69, 9.17) is 4.98 Å². The summed E-state index contributed by atoms with van der Waals surface area (Å²) in [4.78, 5) is 4.79. The molecular weight excluding hydrogens is 304 g/mol. The highest BCUT2D eigenvalue weighted by molar-refractivity contribution is 7.98. The van der Waals surface area contributed by atoms with Gasteiger partial charge in [-0.05, 0) is 31.5 Å². The van der Waals surface area contributed by atoms with E-state index in [1.807, 2.05) is 25.1 Å². The molecule has 0 N–H and O–H groups in total. The maximum atomic E-state index is 4.79. The highest BCUT2D eigenvalue weighted by Gasteiger charge is 2.13. The Morgan fingerprint density at radius 1 is 1.00 bits per heavy atom. The molecule has 0 bridgehead atoms. The van der Waals surface area contributed by atoms with Gasteiger partial charge in [0.25, 0.3) is 0 Å². The van der Waals surface area contributed by atoms with Crippen LogP contribution in [0.5, 0.6) is 0 Å². The van der Waals surface area contributed by atoms with Crippen LogP contribution in [-0.2, 0) is 5.75 Å². The summed E-state index contributed by atoms with van der Waals surface area (Å²) >= 11 is 1.71. The van der Waals surface area contributed by atoms with Crippen molar-refractivity contribution in [1.82, 2.24) is 19.6 Å². The lowest BCUT2D eigenvalue weighted by Gasteiger charge is -2.07. The molecule has 4 nitrogen and oxygen atoms in total. The molecule has 0 aliphatic rings. The van der Waals surface area contributed by atoms with Crippen molar-refractivity contribution < 1.29 is 0 Å². The van der Waals surface area contributed by atoms with E-state index in [1.165, 1.54) is 11.1 Å². The van der Waals surface area contributed by atoms with E-state index < -0.39 is 0 Å². The zero-order valence-electron chi connectivity index (χ0n) is 13.0. The van der Waals surface area contributed by atoms with Crippen molar-refractivity contribution in [1.29, 1.82) is 0 Å². The molecule has 2 heterocycles. The Labute approximate surface area is 138 Å². The molecule has 2 aromatic carbocycles. The van der Waals surface area contributed by atoms with Crippen LogP contribution in [0.2, 0.25) is 0 Å². The number of benzene rings is 2. The summed E-state index contributed by atoms with van der Waals surface area (Å²) in [6, 6.07) is 16.7. The van der Waals surface area contributed by atoms with Crippen LogP contribution >= 0.6 is 11.8 Å². The van der Waals surface area contributed by atoms with Crippen molar-refractivity contribution in [3.05, 3.63) is 65.5 Å². The topological polar surface area (TPSA) is 43.1 Å². The summed E-state index contributed by atoms with van der Waals surface area (Å²) in [7, 11) is 0. The first-order valence-corrected chi connectivity index (χ1v) is 8.50. The maximum Gasteiger partial charge on any atom is 0.193 e. The first-order chi connectivity index (χ1) is 11.2. The van der Waals surface area contributed by atoms with Crippen LogP contribution in [0.15, 0.2) is 53.6 Å². The second-order valence-corrected chi connectivity index (χ2v) is 6.55. The quantitative estimate of drug-likeness (QED) is 0.531. The van der Waals surface area contributed by atoms with Crippen molar-refractivity contribution in [2.45, 2.75) is 24.6 Å². The van der Waals surface area contributed by atoms with E-state index in [2.05, 4.69) is 51.9 Å². The van der Waals surface area contributed by atoms with E-state index in [0.717, 1.165) is 33.3 Å². The molecular formula is C18H16N4S. The zero-order chi connectivity index (χ0) is 15.8. The van der Waals surface area contributed by atoms with Gasteiger partial charge in [0, 0.05) is 5.75 Å². The van der Waals surface area contributed by atoms with Gasteiger partial charge in [0.05, 0.1) is 11.0 Å². The predicted octanol–water partition coefficient (Wildman–Crippen LogP) is 4.19. The summed E-state index contributed by atoms with van der Waals surface area (Å²) < 4.78 is 2.08. The van der Waals surface area contributed by atoms with Crippen molar-refractivity contribution in [2.75, 3.05) is 0 Å². The Hall–Kier alpha value is -2.40. The molecule has 0 saturated heterocycles. The van der Waals surface area contributed by atoms with E-state index in [0.29, 0.717) is 0 Å². The molecule has 0 aliphatic heterocycles. The van der Waals surface area contributed by atoms with Gasteiger partial charge >= 0.3 is 0 Å². The van der Waals surface area contributed by atoms with Crippen molar-refractivity contribution >= 4 is 28.4 Å². The van der Waals surface area contributed by atoms with E-state index in [-0.39, 0.29) is 0 Å². The van der Waals surface area contributed by atoms with E-state index >= 15 is 0 Å². The minimum atomic E-state index is 0.832. The number of rotatable bonds is 3. The molecule has 2 aromatic heterocycles. The fraction of sp³-hybridized carbons (Fsp3) is 0.167. The number of hydrogen-bond acceptors (Lipinski definition) is 4. The third kappa shape index (κ3) is 2.57. The normalized spacial score (nSPS) is 11.4. The lowest BCUT2D eigenvalue weighted by atomic mass is 10.2. The molecule has 23 heavy (non-hydrogen) atoms. The number of fused-ring (bicyclic) bond motifs is 3. The molecule has 0 amide bonds. The molecule has 0 radical (unpaired) electrons. The number of aryl methyl sites for hydroxylation is 2. The van der Waals surface area contributed by atoms with Gasteiger partial charge in [0.15, 0.2) is 5.65 Å². The van der Waals surface area contributed by atoms with Gasteiger partial charge in [-0.1, -0.05) is 53.7 Å². The molecule has 0 spiro atoms. The third-order valence-corrected chi connectivity index (χ3v) is 4.84. The first kappa shape index (κ1) is 14.2. The number of thioether (sulfide) groups is 1. The SMILES string of the molecule is Cc1cccc(CSc2nc3ccccc3n3c(C)nnc23)c1. The number of hydrogen-bond donors (Lipinski definition) is 0. The first-order valence-electron chi connectivity index (χ1n) is 7.51. The van der Waals surface area contributed by atoms with Crippen molar-refractivity contribution in [3.63, 3.8) is 0 Å². The second kappa shape index (κ2) is 5.66. The lowest BCUT2D eigenvalue weighted by molar-refractivity contribution is 1.02. The monoisotopic (exact) mass is 320 g/mol. The average Bonchev–Trinajstić information content (AvgIpc) is 2.95. The molecule has 0 atom stereocenters. The standard InChI is InChI=1S/C18H16N4S/c1-12-6-5-7-14(10-12)11-23-18-17-21-20-13(2)22(17)16-9-4-3-8-15(16)19-18/h3-10H,11H2,1-2H3. The third-order valence-electron chi connectivity index (χ3n) is 3.82. The van der Waals surface area contributed by atoms with Gasteiger partial charge < -0.3 is 0 Å². The van der Waals surface area contributed by atoms with Gasteiger partial charge in [0.2, 0.25) is 0 Å². The molecule has 5 heteroatoms. The molecule has 114 valence electrons. The van der Waals surface area contributed by atoms with Crippen LogP contribution in [0.4, 0.5) is 0 Å². The predicted molar refractivity (Wildman–Crippen MR) is 93.8 cm³/mol. The molecule has 0 saturated carbocycles. The van der Waals surface area contributed by atoms with Crippen LogP contribution in [0, 0.1) is 13.8 Å². The van der Waals surface area contributed by atoms with Crippen LogP contribution in [0.3, 0.4) is 0 Å². The number of nitrogens with zero attached hydrogens (tertiary/aromatic N) is 4. The Morgan fingerprint density at radius 2 is 1.87 bits per heavy atom. The van der Waals surface area contributed by atoms with Gasteiger partial charge in [-0.2, -0.15) is 0 Å². The highest BCUT2D eigenvalue weighted by Crippen LogP contribution is 2.28. The largest absolute Gasteiger partial charge is 0.275 e. The minimum Gasteiger partial charge on any atom is -0.275 e. The van der Waals surface area contributed by atoms with Gasteiger partial charge in [-0.3, -0.25) is 4.40 Å².